The number of hydrogen-bond donors (Lipinski definition) is 1. The number of ether oxygens (including phenoxy) is 1. The molecule has 0 bridgehead atoms. The number of aliphatic hydroxyl groups is 1. The highest BCUT2D eigenvalue weighted by molar-refractivity contribution is 5.53. The Morgan fingerprint density at radius 2 is 2.00 bits per heavy atom. The molecule has 92 valence electrons. The summed E-state index contributed by atoms with van der Waals surface area (Å²) in [7, 11) is 0. The van der Waals surface area contributed by atoms with Crippen LogP contribution < -0.4 is 4.74 Å². The zero-order valence-corrected chi connectivity index (χ0v) is 8.90. The van der Waals surface area contributed by atoms with Crippen molar-refractivity contribution in [2.75, 3.05) is 6.61 Å². The summed E-state index contributed by atoms with van der Waals surface area (Å²) in [6, 6.07) is 3.06. The third-order valence-corrected chi connectivity index (χ3v) is 1.83. The highest BCUT2D eigenvalue weighted by atomic mass is 16.6. The van der Waals surface area contributed by atoms with E-state index in [1.54, 1.807) is 0 Å². The molecule has 1 aromatic rings. The lowest BCUT2D eigenvalue weighted by atomic mass is 10.2. The standard InChI is InChI=1S/C9H10N2O6/c1-6(12)5-17-9-3-2-7(10(13)14)4-8(9)11(15)16/h2-4,6,12H,5H2,1H3. The Hall–Kier alpha value is -2.22. The monoisotopic (exact) mass is 242 g/mol. The topological polar surface area (TPSA) is 116 Å². The van der Waals surface area contributed by atoms with Gasteiger partial charge in [0.2, 0.25) is 0 Å². The fourth-order valence-electron chi connectivity index (χ4n) is 1.09. The summed E-state index contributed by atoms with van der Waals surface area (Å²) in [4.78, 5) is 19.6. The molecular formula is C9H10N2O6. The number of nitro benzene ring substituents is 2. The maximum atomic E-state index is 10.7. The summed E-state index contributed by atoms with van der Waals surface area (Å²) in [5, 5.41) is 30.1. The Labute approximate surface area is 95.7 Å². The van der Waals surface area contributed by atoms with Gasteiger partial charge in [-0.1, -0.05) is 0 Å². The Bertz CT molecular complexity index is 445. The summed E-state index contributed by atoms with van der Waals surface area (Å²) in [5.41, 5.74) is -0.888. The van der Waals surface area contributed by atoms with Crippen LogP contribution in [0.15, 0.2) is 18.2 Å². The van der Waals surface area contributed by atoms with E-state index in [0.717, 1.165) is 18.2 Å². The fraction of sp³-hybridized carbons (Fsp3) is 0.333. The van der Waals surface area contributed by atoms with Crippen LogP contribution in [0.25, 0.3) is 0 Å². The Kier molecular flexibility index (Phi) is 3.94. The Morgan fingerprint density at radius 1 is 1.35 bits per heavy atom. The molecule has 1 N–H and O–H groups in total. The third kappa shape index (κ3) is 3.38. The lowest BCUT2D eigenvalue weighted by molar-refractivity contribution is -0.394. The average molecular weight is 242 g/mol. The summed E-state index contributed by atoms with van der Waals surface area (Å²) in [6.45, 7) is 1.33. The first kappa shape index (κ1) is 12.8. The number of nitro groups is 2. The molecule has 0 heterocycles. The van der Waals surface area contributed by atoms with Crippen molar-refractivity contribution in [2.45, 2.75) is 13.0 Å². The van der Waals surface area contributed by atoms with Gasteiger partial charge in [-0.15, -0.1) is 0 Å². The first-order valence-corrected chi connectivity index (χ1v) is 4.65. The maximum absolute atomic E-state index is 10.7. The molecule has 0 aromatic heterocycles. The second-order valence-electron chi connectivity index (χ2n) is 3.33. The van der Waals surface area contributed by atoms with Gasteiger partial charge in [-0.3, -0.25) is 20.2 Å². The lowest BCUT2D eigenvalue weighted by Gasteiger charge is -2.07. The summed E-state index contributed by atoms with van der Waals surface area (Å²) < 4.78 is 4.98. The van der Waals surface area contributed by atoms with E-state index in [1.165, 1.54) is 6.92 Å². The van der Waals surface area contributed by atoms with E-state index in [1.807, 2.05) is 0 Å². The van der Waals surface area contributed by atoms with E-state index in [-0.39, 0.29) is 18.0 Å². The van der Waals surface area contributed by atoms with Crippen molar-refractivity contribution in [2.24, 2.45) is 0 Å². The van der Waals surface area contributed by atoms with Gasteiger partial charge in [0.05, 0.1) is 22.0 Å². The predicted molar refractivity (Wildman–Crippen MR) is 56.9 cm³/mol. The van der Waals surface area contributed by atoms with E-state index in [0.29, 0.717) is 0 Å². The van der Waals surface area contributed by atoms with Gasteiger partial charge in [-0.25, -0.2) is 0 Å². The molecule has 1 unspecified atom stereocenters. The van der Waals surface area contributed by atoms with E-state index in [9.17, 15) is 20.2 Å². The maximum Gasteiger partial charge on any atom is 0.317 e. The van der Waals surface area contributed by atoms with Crippen LogP contribution in [0.3, 0.4) is 0 Å². The van der Waals surface area contributed by atoms with Crippen molar-refractivity contribution in [3.05, 3.63) is 38.4 Å². The lowest BCUT2D eigenvalue weighted by Crippen LogP contribution is -2.13. The quantitative estimate of drug-likeness (QED) is 0.613. The van der Waals surface area contributed by atoms with Crippen LogP contribution in [0.2, 0.25) is 0 Å². The van der Waals surface area contributed by atoms with Crippen LogP contribution in [-0.4, -0.2) is 27.7 Å². The average Bonchev–Trinajstić information content (AvgIpc) is 2.25. The predicted octanol–water partition coefficient (Wildman–Crippen LogP) is 1.26. The van der Waals surface area contributed by atoms with Crippen molar-refractivity contribution in [3.63, 3.8) is 0 Å². The molecule has 0 saturated heterocycles. The normalized spacial score (nSPS) is 11.9. The Balaban J connectivity index is 3.04. The molecule has 0 spiro atoms. The van der Waals surface area contributed by atoms with Crippen molar-refractivity contribution >= 4 is 11.4 Å². The van der Waals surface area contributed by atoms with Crippen molar-refractivity contribution in [1.29, 1.82) is 0 Å². The minimum Gasteiger partial charge on any atom is -0.484 e. The van der Waals surface area contributed by atoms with Gasteiger partial charge in [-0.05, 0) is 13.0 Å². The van der Waals surface area contributed by atoms with E-state index >= 15 is 0 Å². The van der Waals surface area contributed by atoms with Gasteiger partial charge >= 0.3 is 5.69 Å². The van der Waals surface area contributed by atoms with Crippen LogP contribution in [0.5, 0.6) is 5.75 Å². The van der Waals surface area contributed by atoms with E-state index in [2.05, 4.69) is 0 Å². The number of nitrogens with zero attached hydrogens (tertiary/aromatic N) is 2. The molecule has 1 aromatic carbocycles. The minimum atomic E-state index is -0.787. The van der Waals surface area contributed by atoms with Gasteiger partial charge in [0, 0.05) is 6.07 Å². The summed E-state index contributed by atoms with van der Waals surface area (Å²) in [5.74, 6) is -0.110. The largest absolute Gasteiger partial charge is 0.484 e. The zero-order chi connectivity index (χ0) is 13.0. The fourth-order valence-corrected chi connectivity index (χ4v) is 1.09. The first-order chi connectivity index (χ1) is 7.91. The first-order valence-electron chi connectivity index (χ1n) is 4.65. The summed E-state index contributed by atoms with van der Waals surface area (Å²) in [6.07, 6.45) is -0.787. The van der Waals surface area contributed by atoms with Gasteiger partial charge in [0.1, 0.15) is 6.61 Å². The summed E-state index contributed by atoms with van der Waals surface area (Å²) >= 11 is 0. The molecular weight excluding hydrogens is 232 g/mol. The number of rotatable bonds is 5. The van der Waals surface area contributed by atoms with Crippen molar-refractivity contribution < 1.29 is 19.7 Å². The smallest absolute Gasteiger partial charge is 0.317 e. The third-order valence-electron chi connectivity index (χ3n) is 1.83. The number of hydrogen-bond acceptors (Lipinski definition) is 6. The molecule has 0 saturated carbocycles. The molecule has 8 heteroatoms. The number of aliphatic hydroxyl groups excluding tert-OH is 1. The highest BCUT2D eigenvalue weighted by Crippen LogP contribution is 2.30. The van der Waals surface area contributed by atoms with E-state index < -0.39 is 21.6 Å². The van der Waals surface area contributed by atoms with E-state index in [4.69, 9.17) is 9.84 Å². The highest BCUT2D eigenvalue weighted by Gasteiger charge is 2.20. The SMILES string of the molecule is CC(O)COc1ccc([N+](=O)[O-])cc1[N+](=O)[O-]. The van der Waals surface area contributed by atoms with Crippen LogP contribution >= 0.6 is 0 Å². The molecule has 8 nitrogen and oxygen atoms in total. The molecule has 0 radical (unpaired) electrons. The van der Waals surface area contributed by atoms with Crippen LogP contribution in [0, 0.1) is 20.2 Å². The zero-order valence-electron chi connectivity index (χ0n) is 8.90. The van der Waals surface area contributed by atoms with Gasteiger partial charge in [0.25, 0.3) is 5.69 Å². The molecule has 17 heavy (non-hydrogen) atoms. The molecule has 0 aliphatic heterocycles. The molecule has 0 amide bonds. The molecule has 1 atom stereocenters. The van der Waals surface area contributed by atoms with Crippen LogP contribution in [0.1, 0.15) is 6.92 Å². The second-order valence-corrected chi connectivity index (χ2v) is 3.33. The van der Waals surface area contributed by atoms with Gasteiger partial charge < -0.3 is 9.84 Å². The minimum absolute atomic E-state index is 0.110. The van der Waals surface area contributed by atoms with Gasteiger partial charge in [0.15, 0.2) is 5.75 Å². The molecule has 1 rings (SSSR count). The second kappa shape index (κ2) is 5.21. The van der Waals surface area contributed by atoms with Crippen LogP contribution in [0.4, 0.5) is 11.4 Å². The molecule has 0 aliphatic carbocycles. The number of benzene rings is 1. The van der Waals surface area contributed by atoms with Crippen LogP contribution in [-0.2, 0) is 0 Å². The van der Waals surface area contributed by atoms with Crippen molar-refractivity contribution in [1.82, 2.24) is 0 Å². The van der Waals surface area contributed by atoms with Crippen molar-refractivity contribution in [3.8, 4) is 5.75 Å². The molecule has 0 aliphatic rings. The number of non-ortho nitro benzene ring substituents is 1. The Morgan fingerprint density at radius 3 is 2.47 bits per heavy atom. The molecule has 0 fully saturated rings. The van der Waals surface area contributed by atoms with Gasteiger partial charge in [-0.2, -0.15) is 0 Å².